The van der Waals surface area contributed by atoms with Gasteiger partial charge in [-0.3, -0.25) is 24.2 Å². The van der Waals surface area contributed by atoms with Gasteiger partial charge in [-0.1, -0.05) is 49.6 Å². The second-order valence-electron chi connectivity index (χ2n) is 8.41. The summed E-state index contributed by atoms with van der Waals surface area (Å²) in [6, 6.07) is 9.46. The molecule has 144 valence electrons. The fraction of sp³-hybridized carbons (Fsp3) is 0.591. The van der Waals surface area contributed by atoms with E-state index in [0.29, 0.717) is 13.1 Å². The highest BCUT2D eigenvalue weighted by atomic mass is 16.2. The standard InChI is InChI=1S/C22H28N2O3/c25-19-15-22(11-5-2-6-12-22)21(27)24(19)16-23-13-9-18(10-14-23)20(26)17-7-3-1-4-8-17/h1,3-4,7-8,18H,2,5-6,9-16H2. The Bertz CT molecular complexity index is 716. The lowest BCUT2D eigenvalue weighted by molar-refractivity contribution is -0.145. The molecule has 0 radical (unpaired) electrons. The molecule has 2 aliphatic heterocycles. The van der Waals surface area contributed by atoms with Crippen molar-refractivity contribution >= 4 is 17.6 Å². The number of imide groups is 1. The van der Waals surface area contributed by atoms with E-state index in [-0.39, 0.29) is 23.5 Å². The summed E-state index contributed by atoms with van der Waals surface area (Å²) in [6.45, 7) is 1.91. The van der Waals surface area contributed by atoms with Crippen LogP contribution in [0.15, 0.2) is 30.3 Å². The summed E-state index contributed by atoms with van der Waals surface area (Å²) in [5.74, 6) is 0.294. The SMILES string of the molecule is O=C(c1ccccc1)C1CCN(CN2C(=O)CC3(CCCCC3)C2=O)CC1. The monoisotopic (exact) mass is 368 g/mol. The summed E-state index contributed by atoms with van der Waals surface area (Å²) in [5, 5.41) is 0. The summed E-state index contributed by atoms with van der Waals surface area (Å²) in [6.07, 6.45) is 6.98. The minimum absolute atomic E-state index is 0.00983. The Morgan fingerprint density at radius 1 is 1.00 bits per heavy atom. The third-order valence-electron chi connectivity index (χ3n) is 6.66. The van der Waals surface area contributed by atoms with E-state index in [1.54, 1.807) is 0 Å². The highest BCUT2D eigenvalue weighted by molar-refractivity contribution is 6.05. The lowest BCUT2D eigenvalue weighted by atomic mass is 9.73. The zero-order chi connectivity index (χ0) is 18.9. The Balaban J connectivity index is 1.33. The third kappa shape index (κ3) is 3.57. The first-order valence-electron chi connectivity index (χ1n) is 10.3. The van der Waals surface area contributed by atoms with Crippen LogP contribution in [0, 0.1) is 11.3 Å². The molecule has 5 heteroatoms. The van der Waals surface area contributed by atoms with E-state index in [9.17, 15) is 14.4 Å². The second kappa shape index (κ2) is 7.55. The number of nitrogens with zero attached hydrogens (tertiary/aromatic N) is 2. The number of hydrogen-bond donors (Lipinski definition) is 0. The number of amides is 2. The Kier molecular flexibility index (Phi) is 5.13. The van der Waals surface area contributed by atoms with Crippen LogP contribution in [-0.4, -0.2) is 47.2 Å². The Morgan fingerprint density at radius 3 is 2.33 bits per heavy atom. The highest BCUT2D eigenvalue weighted by Crippen LogP contribution is 2.45. The fourth-order valence-electron chi connectivity index (χ4n) is 5.00. The fourth-order valence-corrected chi connectivity index (χ4v) is 5.00. The van der Waals surface area contributed by atoms with Gasteiger partial charge in [-0.05, 0) is 25.7 Å². The van der Waals surface area contributed by atoms with Crippen molar-refractivity contribution in [2.45, 2.75) is 51.4 Å². The van der Waals surface area contributed by atoms with E-state index in [1.807, 2.05) is 30.3 Å². The summed E-state index contributed by atoms with van der Waals surface area (Å²) in [4.78, 5) is 41.7. The zero-order valence-corrected chi connectivity index (χ0v) is 15.9. The molecule has 1 aromatic rings. The lowest BCUT2D eigenvalue weighted by Crippen LogP contribution is -2.46. The first-order chi connectivity index (χ1) is 13.1. The molecule has 27 heavy (non-hydrogen) atoms. The summed E-state index contributed by atoms with van der Waals surface area (Å²) in [5.41, 5.74) is 0.372. The number of rotatable bonds is 4. The van der Waals surface area contributed by atoms with Crippen molar-refractivity contribution < 1.29 is 14.4 Å². The van der Waals surface area contributed by atoms with E-state index in [4.69, 9.17) is 0 Å². The van der Waals surface area contributed by atoms with Gasteiger partial charge in [0.25, 0.3) is 0 Å². The molecule has 1 aromatic carbocycles. The van der Waals surface area contributed by atoms with E-state index in [2.05, 4.69) is 4.90 Å². The van der Waals surface area contributed by atoms with Crippen molar-refractivity contribution in [2.75, 3.05) is 19.8 Å². The van der Waals surface area contributed by atoms with Crippen LogP contribution in [0.25, 0.3) is 0 Å². The Morgan fingerprint density at radius 2 is 1.67 bits per heavy atom. The molecule has 1 saturated carbocycles. The second-order valence-corrected chi connectivity index (χ2v) is 8.41. The smallest absolute Gasteiger partial charge is 0.237 e. The average molecular weight is 368 g/mol. The van der Waals surface area contributed by atoms with E-state index in [0.717, 1.165) is 57.2 Å². The molecule has 2 heterocycles. The normalized spacial score (nSPS) is 23.9. The number of piperidine rings is 1. The van der Waals surface area contributed by atoms with Crippen LogP contribution in [0.1, 0.15) is 61.7 Å². The van der Waals surface area contributed by atoms with Gasteiger partial charge >= 0.3 is 0 Å². The van der Waals surface area contributed by atoms with E-state index in [1.165, 1.54) is 11.3 Å². The molecule has 4 rings (SSSR count). The minimum Gasteiger partial charge on any atom is -0.294 e. The molecule has 0 bridgehead atoms. The predicted octanol–water partition coefficient (Wildman–Crippen LogP) is 3.25. The first-order valence-corrected chi connectivity index (χ1v) is 10.3. The molecule has 0 N–H and O–H groups in total. The molecule has 5 nitrogen and oxygen atoms in total. The molecule has 2 amide bonds. The van der Waals surface area contributed by atoms with Crippen LogP contribution < -0.4 is 0 Å². The number of carbonyl (C=O) groups excluding carboxylic acids is 3. The van der Waals surface area contributed by atoms with E-state index >= 15 is 0 Å². The topological polar surface area (TPSA) is 57.7 Å². The van der Waals surface area contributed by atoms with Gasteiger partial charge in [0.1, 0.15) is 0 Å². The van der Waals surface area contributed by atoms with Gasteiger partial charge in [0, 0.05) is 31.0 Å². The number of hydrogen-bond acceptors (Lipinski definition) is 4. The van der Waals surface area contributed by atoms with Gasteiger partial charge in [0.15, 0.2) is 5.78 Å². The van der Waals surface area contributed by atoms with Crippen molar-refractivity contribution in [2.24, 2.45) is 11.3 Å². The highest BCUT2D eigenvalue weighted by Gasteiger charge is 2.51. The third-order valence-corrected chi connectivity index (χ3v) is 6.66. The molecule has 3 aliphatic rings. The molecule has 0 aromatic heterocycles. The van der Waals surface area contributed by atoms with Crippen LogP contribution in [0.2, 0.25) is 0 Å². The maximum Gasteiger partial charge on any atom is 0.237 e. The number of Topliss-reactive ketones (excluding diaryl/α,β-unsaturated/α-hetero) is 1. The van der Waals surface area contributed by atoms with Crippen molar-refractivity contribution in [1.29, 1.82) is 0 Å². The Hall–Kier alpha value is -2.01. The maximum absolute atomic E-state index is 12.9. The molecule has 0 unspecified atom stereocenters. The predicted molar refractivity (Wildman–Crippen MR) is 102 cm³/mol. The van der Waals surface area contributed by atoms with E-state index < -0.39 is 5.41 Å². The molecule has 2 saturated heterocycles. The number of benzene rings is 1. The first kappa shape index (κ1) is 18.4. The van der Waals surface area contributed by atoms with Crippen LogP contribution in [0.4, 0.5) is 0 Å². The van der Waals surface area contributed by atoms with Crippen LogP contribution in [0.3, 0.4) is 0 Å². The molecule has 0 atom stereocenters. The quantitative estimate of drug-likeness (QED) is 0.605. The Labute approximate surface area is 160 Å². The number of ketones is 1. The van der Waals surface area contributed by atoms with Crippen molar-refractivity contribution in [3.8, 4) is 0 Å². The van der Waals surface area contributed by atoms with Gasteiger partial charge in [-0.25, -0.2) is 0 Å². The van der Waals surface area contributed by atoms with Gasteiger partial charge in [0.2, 0.25) is 11.8 Å². The van der Waals surface area contributed by atoms with Crippen LogP contribution in [-0.2, 0) is 9.59 Å². The van der Waals surface area contributed by atoms with Gasteiger partial charge in [-0.2, -0.15) is 0 Å². The molecular formula is C22H28N2O3. The van der Waals surface area contributed by atoms with Crippen LogP contribution >= 0.6 is 0 Å². The molecular weight excluding hydrogens is 340 g/mol. The number of carbonyl (C=O) groups is 3. The van der Waals surface area contributed by atoms with Crippen molar-refractivity contribution in [3.05, 3.63) is 35.9 Å². The van der Waals surface area contributed by atoms with Crippen molar-refractivity contribution in [3.63, 3.8) is 0 Å². The summed E-state index contributed by atoms with van der Waals surface area (Å²) < 4.78 is 0. The average Bonchev–Trinajstić information content (AvgIpc) is 2.93. The number of likely N-dealkylation sites (tertiary alicyclic amines) is 2. The van der Waals surface area contributed by atoms with Crippen molar-refractivity contribution in [1.82, 2.24) is 9.80 Å². The molecule has 1 spiro atoms. The van der Waals surface area contributed by atoms with Gasteiger partial charge in [-0.15, -0.1) is 0 Å². The summed E-state index contributed by atoms with van der Waals surface area (Å²) >= 11 is 0. The summed E-state index contributed by atoms with van der Waals surface area (Å²) in [7, 11) is 0. The molecule has 1 aliphatic carbocycles. The zero-order valence-electron chi connectivity index (χ0n) is 15.9. The van der Waals surface area contributed by atoms with Gasteiger partial charge < -0.3 is 0 Å². The van der Waals surface area contributed by atoms with Gasteiger partial charge in [0.05, 0.1) is 12.1 Å². The molecule has 3 fully saturated rings. The lowest BCUT2D eigenvalue weighted by Gasteiger charge is -2.35. The largest absolute Gasteiger partial charge is 0.294 e. The minimum atomic E-state index is -0.406. The maximum atomic E-state index is 12.9. The van der Waals surface area contributed by atoms with Crippen LogP contribution in [0.5, 0.6) is 0 Å².